The zero-order chi connectivity index (χ0) is 15.1. The van der Waals surface area contributed by atoms with E-state index < -0.39 is 0 Å². The zero-order valence-electron chi connectivity index (χ0n) is 14.2. The number of nitrogens with one attached hydrogen (secondary N) is 1. The Morgan fingerprint density at radius 3 is 2.29 bits per heavy atom. The maximum atomic E-state index is 3.77. The van der Waals surface area contributed by atoms with Gasteiger partial charge in [-0.05, 0) is 56.6 Å². The van der Waals surface area contributed by atoms with E-state index in [4.69, 9.17) is 0 Å². The van der Waals surface area contributed by atoms with Gasteiger partial charge in [-0.3, -0.25) is 0 Å². The van der Waals surface area contributed by atoms with Gasteiger partial charge in [-0.15, -0.1) is 0 Å². The van der Waals surface area contributed by atoms with Crippen molar-refractivity contribution in [3.63, 3.8) is 0 Å². The Morgan fingerprint density at radius 2 is 1.71 bits per heavy atom. The van der Waals surface area contributed by atoms with Gasteiger partial charge in [0.15, 0.2) is 0 Å². The number of hydrogen-bond acceptors (Lipinski definition) is 1. The van der Waals surface area contributed by atoms with Crippen LogP contribution in [0.4, 0.5) is 0 Å². The van der Waals surface area contributed by atoms with Crippen LogP contribution in [0.25, 0.3) is 0 Å². The van der Waals surface area contributed by atoms with Crippen LogP contribution in [-0.2, 0) is 6.42 Å². The molecule has 1 N–H and O–H groups in total. The standard InChI is InChI=1S/C20H33N/c1-4-17-10-13-19(14-11-17)20(21-5-2)15-12-18-8-6-16(3)7-9-18/h6-9,17,19-21H,4-5,10-15H2,1-3H3. The summed E-state index contributed by atoms with van der Waals surface area (Å²) in [5.74, 6) is 1.90. The van der Waals surface area contributed by atoms with Gasteiger partial charge in [0.05, 0.1) is 0 Å². The molecule has 1 nitrogen and oxygen atoms in total. The molecule has 1 heteroatoms. The van der Waals surface area contributed by atoms with Crippen LogP contribution in [0, 0.1) is 18.8 Å². The monoisotopic (exact) mass is 287 g/mol. The van der Waals surface area contributed by atoms with Crippen molar-refractivity contribution < 1.29 is 0 Å². The molecule has 1 atom stereocenters. The molecule has 1 aliphatic rings. The van der Waals surface area contributed by atoms with Crippen LogP contribution in [0.3, 0.4) is 0 Å². The van der Waals surface area contributed by atoms with Crippen LogP contribution in [0.15, 0.2) is 24.3 Å². The Kier molecular flexibility index (Phi) is 6.76. The van der Waals surface area contributed by atoms with E-state index in [2.05, 4.69) is 50.4 Å². The first-order chi connectivity index (χ1) is 10.2. The highest BCUT2D eigenvalue weighted by Crippen LogP contribution is 2.33. The summed E-state index contributed by atoms with van der Waals surface area (Å²) in [5.41, 5.74) is 2.85. The molecule has 1 aliphatic carbocycles. The molecule has 21 heavy (non-hydrogen) atoms. The van der Waals surface area contributed by atoms with E-state index in [1.54, 1.807) is 0 Å². The van der Waals surface area contributed by atoms with Gasteiger partial charge in [0.2, 0.25) is 0 Å². The van der Waals surface area contributed by atoms with Crippen molar-refractivity contribution in [3.8, 4) is 0 Å². The van der Waals surface area contributed by atoms with Crippen LogP contribution >= 0.6 is 0 Å². The Balaban J connectivity index is 1.85. The minimum atomic E-state index is 0.717. The quantitative estimate of drug-likeness (QED) is 0.733. The molecule has 0 aromatic heterocycles. The molecule has 0 aliphatic heterocycles. The Hall–Kier alpha value is -0.820. The van der Waals surface area contributed by atoms with Gasteiger partial charge in [-0.2, -0.15) is 0 Å². The van der Waals surface area contributed by atoms with Gasteiger partial charge in [0.25, 0.3) is 0 Å². The van der Waals surface area contributed by atoms with Crippen LogP contribution in [0.1, 0.15) is 63.5 Å². The summed E-state index contributed by atoms with van der Waals surface area (Å²) in [5, 5.41) is 3.77. The van der Waals surface area contributed by atoms with Crippen LogP contribution in [0.2, 0.25) is 0 Å². The molecule has 0 saturated heterocycles. The minimum absolute atomic E-state index is 0.717. The van der Waals surface area contributed by atoms with E-state index in [1.165, 1.54) is 56.1 Å². The van der Waals surface area contributed by atoms with Crippen LogP contribution in [-0.4, -0.2) is 12.6 Å². The normalized spacial score (nSPS) is 24.0. The average molecular weight is 287 g/mol. The van der Waals surface area contributed by atoms with E-state index >= 15 is 0 Å². The molecular formula is C20H33N. The lowest BCUT2D eigenvalue weighted by Crippen LogP contribution is -2.38. The van der Waals surface area contributed by atoms with Crippen molar-refractivity contribution in [2.45, 2.75) is 71.8 Å². The minimum Gasteiger partial charge on any atom is -0.314 e. The maximum absolute atomic E-state index is 3.77. The summed E-state index contributed by atoms with van der Waals surface area (Å²) in [6.07, 6.45) is 9.65. The van der Waals surface area contributed by atoms with Crippen molar-refractivity contribution in [1.29, 1.82) is 0 Å². The first kappa shape index (κ1) is 16.5. The summed E-state index contributed by atoms with van der Waals surface area (Å²) in [6.45, 7) is 7.87. The Labute approximate surface area is 131 Å². The predicted octanol–water partition coefficient (Wildman–Crippen LogP) is 5.12. The van der Waals surface area contributed by atoms with Crippen molar-refractivity contribution >= 4 is 0 Å². The highest BCUT2D eigenvalue weighted by Gasteiger charge is 2.26. The fourth-order valence-electron chi connectivity index (χ4n) is 3.84. The summed E-state index contributed by atoms with van der Waals surface area (Å²) in [7, 11) is 0. The molecular weight excluding hydrogens is 254 g/mol. The molecule has 0 bridgehead atoms. The van der Waals surface area contributed by atoms with Crippen LogP contribution < -0.4 is 5.32 Å². The number of benzene rings is 1. The van der Waals surface area contributed by atoms with E-state index in [-0.39, 0.29) is 0 Å². The lowest BCUT2D eigenvalue weighted by molar-refractivity contribution is 0.212. The summed E-state index contributed by atoms with van der Waals surface area (Å²) in [4.78, 5) is 0. The highest BCUT2D eigenvalue weighted by atomic mass is 14.9. The Morgan fingerprint density at radius 1 is 1.05 bits per heavy atom. The molecule has 2 rings (SSSR count). The molecule has 1 fully saturated rings. The van der Waals surface area contributed by atoms with Gasteiger partial charge >= 0.3 is 0 Å². The Bertz CT molecular complexity index is 387. The smallest absolute Gasteiger partial charge is 0.00983 e. The van der Waals surface area contributed by atoms with Gasteiger partial charge in [-0.25, -0.2) is 0 Å². The van der Waals surface area contributed by atoms with Crippen molar-refractivity contribution in [1.82, 2.24) is 5.32 Å². The fourth-order valence-corrected chi connectivity index (χ4v) is 3.84. The average Bonchev–Trinajstić information content (AvgIpc) is 2.53. The molecule has 118 valence electrons. The third-order valence-corrected chi connectivity index (χ3v) is 5.37. The highest BCUT2D eigenvalue weighted by molar-refractivity contribution is 5.21. The first-order valence-electron chi connectivity index (χ1n) is 9.01. The molecule has 0 radical (unpaired) electrons. The third kappa shape index (κ3) is 5.14. The van der Waals surface area contributed by atoms with Gasteiger partial charge in [-0.1, -0.05) is 62.9 Å². The fraction of sp³-hybridized carbons (Fsp3) is 0.700. The SMILES string of the molecule is CCNC(CCc1ccc(C)cc1)C1CCC(CC)CC1. The second-order valence-corrected chi connectivity index (χ2v) is 6.88. The second-order valence-electron chi connectivity index (χ2n) is 6.88. The van der Waals surface area contributed by atoms with Crippen LogP contribution in [0.5, 0.6) is 0 Å². The summed E-state index contributed by atoms with van der Waals surface area (Å²) in [6, 6.07) is 9.79. The molecule has 1 saturated carbocycles. The molecule has 1 unspecified atom stereocenters. The maximum Gasteiger partial charge on any atom is 0.00983 e. The second kappa shape index (κ2) is 8.58. The summed E-state index contributed by atoms with van der Waals surface area (Å²) < 4.78 is 0. The van der Waals surface area contributed by atoms with Gasteiger partial charge < -0.3 is 5.32 Å². The lowest BCUT2D eigenvalue weighted by atomic mass is 9.76. The molecule has 0 heterocycles. The van der Waals surface area contributed by atoms with E-state index in [0.29, 0.717) is 6.04 Å². The van der Waals surface area contributed by atoms with E-state index in [1.807, 2.05) is 0 Å². The van der Waals surface area contributed by atoms with E-state index in [9.17, 15) is 0 Å². The third-order valence-electron chi connectivity index (χ3n) is 5.37. The molecule has 1 aromatic rings. The van der Waals surface area contributed by atoms with Crippen molar-refractivity contribution in [2.24, 2.45) is 11.8 Å². The zero-order valence-corrected chi connectivity index (χ0v) is 14.2. The first-order valence-corrected chi connectivity index (χ1v) is 9.01. The van der Waals surface area contributed by atoms with Crippen molar-refractivity contribution in [2.75, 3.05) is 6.54 Å². The topological polar surface area (TPSA) is 12.0 Å². The summed E-state index contributed by atoms with van der Waals surface area (Å²) >= 11 is 0. The number of rotatable bonds is 7. The molecule has 1 aromatic carbocycles. The predicted molar refractivity (Wildman–Crippen MR) is 92.7 cm³/mol. The molecule has 0 spiro atoms. The van der Waals surface area contributed by atoms with E-state index in [0.717, 1.165) is 18.4 Å². The van der Waals surface area contributed by atoms with Crippen molar-refractivity contribution in [3.05, 3.63) is 35.4 Å². The van der Waals surface area contributed by atoms with Gasteiger partial charge in [0.1, 0.15) is 0 Å². The lowest BCUT2D eigenvalue weighted by Gasteiger charge is -2.34. The van der Waals surface area contributed by atoms with Gasteiger partial charge in [0, 0.05) is 6.04 Å². The largest absolute Gasteiger partial charge is 0.314 e. The number of aryl methyl sites for hydroxylation is 2. The molecule has 0 amide bonds. The number of hydrogen-bond donors (Lipinski definition) is 1.